The third-order valence-corrected chi connectivity index (χ3v) is 4.27. The molecule has 1 atom stereocenters. The van der Waals surface area contributed by atoms with Gasteiger partial charge in [-0.1, -0.05) is 6.07 Å². The van der Waals surface area contributed by atoms with Crippen LogP contribution in [0.3, 0.4) is 0 Å². The maximum Gasteiger partial charge on any atom is 0.335 e. The number of carboxylic acid groups (broad SMARTS) is 1. The number of ether oxygens (including phenoxy) is 2. The smallest absolute Gasteiger partial charge is 0.335 e. The molecule has 0 radical (unpaired) electrons. The Labute approximate surface area is 151 Å². The van der Waals surface area contributed by atoms with Crippen molar-refractivity contribution in [2.75, 3.05) is 18.5 Å². The molecule has 3 rings (SSSR count). The first-order valence-electron chi connectivity index (χ1n) is 8.52. The summed E-state index contributed by atoms with van der Waals surface area (Å²) in [5.41, 5.74) is 1.81. The highest BCUT2D eigenvalue weighted by Gasteiger charge is 2.16. The number of hydrogen-bond acceptors (Lipinski definition) is 4. The maximum atomic E-state index is 12.4. The molecular weight excluding hydrogens is 334 g/mol. The maximum absolute atomic E-state index is 12.4. The van der Waals surface area contributed by atoms with Gasteiger partial charge in [-0.3, -0.25) is 4.79 Å². The number of carbonyl (C=O) groups is 2. The van der Waals surface area contributed by atoms with Crippen molar-refractivity contribution in [3.05, 3.63) is 59.2 Å². The normalized spacial score (nSPS) is 16.3. The van der Waals surface area contributed by atoms with E-state index in [-0.39, 0.29) is 17.6 Å². The van der Waals surface area contributed by atoms with E-state index in [9.17, 15) is 9.59 Å². The number of carbonyl (C=O) groups excluding carboxylic acids is 1. The van der Waals surface area contributed by atoms with Crippen molar-refractivity contribution in [2.24, 2.45) is 0 Å². The number of rotatable bonds is 6. The van der Waals surface area contributed by atoms with Crippen LogP contribution in [-0.2, 0) is 4.74 Å². The van der Waals surface area contributed by atoms with Gasteiger partial charge in [-0.05, 0) is 61.7 Å². The van der Waals surface area contributed by atoms with Crippen molar-refractivity contribution < 1.29 is 24.2 Å². The molecule has 0 bridgehead atoms. The Morgan fingerprint density at radius 2 is 2.12 bits per heavy atom. The zero-order valence-electron chi connectivity index (χ0n) is 14.5. The summed E-state index contributed by atoms with van der Waals surface area (Å²) in [5, 5.41) is 11.8. The minimum absolute atomic E-state index is 0.114. The Morgan fingerprint density at radius 1 is 1.27 bits per heavy atom. The molecule has 6 nitrogen and oxygen atoms in total. The van der Waals surface area contributed by atoms with Gasteiger partial charge in [0.05, 0.1) is 11.7 Å². The Kier molecular flexibility index (Phi) is 5.53. The van der Waals surface area contributed by atoms with Gasteiger partial charge in [-0.15, -0.1) is 0 Å². The van der Waals surface area contributed by atoms with Crippen molar-refractivity contribution in [1.29, 1.82) is 0 Å². The number of aromatic carboxylic acids is 1. The van der Waals surface area contributed by atoms with Crippen LogP contribution in [0.5, 0.6) is 5.75 Å². The number of anilines is 1. The van der Waals surface area contributed by atoms with E-state index in [1.165, 1.54) is 6.07 Å². The van der Waals surface area contributed by atoms with Gasteiger partial charge in [0.25, 0.3) is 5.91 Å². The molecule has 1 amide bonds. The highest BCUT2D eigenvalue weighted by molar-refractivity contribution is 6.04. The van der Waals surface area contributed by atoms with Crippen molar-refractivity contribution in [3.8, 4) is 5.75 Å². The largest absolute Gasteiger partial charge is 0.491 e. The topological polar surface area (TPSA) is 84.9 Å². The molecule has 0 spiro atoms. The van der Waals surface area contributed by atoms with Crippen molar-refractivity contribution in [2.45, 2.75) is 25.9 Å². The van der Waals surface area contributed by atoms with Crippen LogP contribution in [0.1, 0.15) is 39.1 Å². The van der Waals surface area contributed by atoms with E-state index in [4.69, 9.17) is 14.6 Å². The first-order chi connectivity index (χ1) is 12.5. The molecule has 0 aromatic heterocycles. The second-order valence-corrected chi connectivity index (χ2v) is 6.26. The number of carboxylic acids is 1. The monoisotopic (exact) mass is 355 g/mol. The molecule has 1 aliphatic heterocycles. The highest BCUT2D eigenvalue weighted by atomic mass is 16.5. The van der Waals surface area contributed by atoms with Gasteiger partial charge in [0.2, 0.25) is 0 Å². The summed E-state index contributed by atoms with van der Waals surface area (Å²) in [7, 11) is 0. The summed E-state index contributed by atoms with van der Waals surface area (Å²) in [6, 6.07) is 11.6. The van der Waals surface area contributed by atoms with E-state index in [2.05, 4.69) is 5.32 Å². The van der Waals surface area contributed by atoms with Crippen LogP contribution in [0, 0.1) is 6.92 Å². The second kappa shape index (κ2) is 8.01. The SMILES string of the molecule is Cc1cc(NC(=O)c2cccc(OCC3CCCO3)c2)ccc1C(=O)O. The molecule has 1 aliphatic rings. The van der Waals surface area contributed by atoms with Crippen molar-refractivity contribution >= 4 is 17.6 Å². The van der Waals surface area contributed by atoms with Gasteiger partial charge in [0.1, 0.15) is 12.4 Å². The predicted molar refractivity (Wildman–Crippen MR) is 97.0 cm³/mol. The third-order valence-electron chi connectivity index (χ3n) is 4.27. The Bertz CT molecular complexity index is 812. The lowest BCUT2D eigenvalue weighted by atomic mass is 10.1. The molecule has 2 N–H and O–H groups in total. The van der Waals surface area contributed by atoms with E-state index >= 15 is 0 Å². The molecule has 1 fully saturated rings. The Hall–Kier alpha value is -2.86. The van der Waals surface area contributed by atoms with Gasteiger partial charge in [0.15, 0.2) is 0 Å². The number of nitrogens with one attached hydrogen (secondary N) is 1. The first kappa shape index (κ1) is 17.9. The zero-order valence-corrected chi connectivity index (χ0v) is 14.5. The average molecular weight is 355 g/mol. The van der Waals surface area contributed by atoms with Crippen LogP contribution >= 0.6 is 0 Å². The lowest BCUT2D eigenvalue weighted by Crippen LogP contribution is -2.17. The summed E-state index contributed by atoms with van der Waals surface area (Å²) in [6.45, 7) is 2.94. The van der Waals surface area contributed by atoms with Crippen molar-refractivity contribution in [3.63, 3.8) is 0 Å². The Balaban J connectivity index is 1.65. The molecule has 1 heterocycles. The molecule has 0 saturated carbocycles. The molecule has 2 aromatic carbocycles. The fourth-order valence-electron chi connectivity index (χ4n) is 2.88. The van der Waals surface area contributed by atoms with E-state index in [0.717, 1.165) is 19.4 Å². The predicted octanol–water partition coefficient (Wildman–Crippen LogP) is 3.50. The zero-order chi connectivity index (χ0) is 18.5. The summed E-state index contributed by atoms with van der Waals surface area (Å²) in [6.07, 6.45) is 2.16. The van der Waals surface area contributed by atoms with Crippen LogP contribution in [0.25, 0.3) is 0 Å². The summed E-state index contributed by atoms with van der Waals surface area (Å²) in [4.78, 5) is 23.5. The lowest BCUT2D eigenvalue weighted by Gasteiger charge is -2.12. The number of amides is 1. The summed E-state index contributed by atoms with van der Waals surface area (Å²) >= 11 is 0. The Morgan fingerprint density at radius 3 is 2.81 bits per heavy atom. The minimum atomic E-state index is -0.989. The van der Waals surface area contributed by atoms with Gasteiger partial charge in [0, 0.05) is 17.9 Å². The van der Waals surface area contributed by atoms with E-state index in [1.807, 2.05) is 0 Å². The quantitative estimate of drug-likeness (QED) is 0.828. The van der Waals surface area contributed by atoms with Crippen LogP contribution in [0.2, 0.25) is 0 Å². The molecule has 26 heavy (non-hydrogen) atoms. The van der Waals surface area contributed by atoms with Crippen LogP contribution in [0.15, 0.2) is 42.5 Å². The van der Waals surface area contributed by atoms with Crippen LogP contribution in [-0.4, -0.2) is 36.3 Å². The van der Waals surface area contributed by atoms with Crippen LogP contribution in [0.4, 0.5) is 5.69 Å². The summed E-state index contributed by atoms with van der Waals surface area (Å²) < 4.78 is 11.2. The third kappa shape index (κ3) is 4.40. The number of hydrogen-bond donors (Lipinski definition) is 2. The van der Waals surface area contributed by atoms with E-state index < -0.39 is 5.97 Å². The van der Waals surface area contributed by atoms with Gasteiger partial charge >= 0.3 is 5.97 Å². The molecule has 6 heteroatoms. The molecule has 136 valence electrons. The fraction of sp³-hybridized carbons (Fsp3) is 0.300. The molecular formula is C20H21NO5. The highest BCUT2D eigenvalue weighted by Crippen LogP contribution is 2.19. The molecule has 2 aromatic rings. The van der Waals surface area contributed by atoms with Gasteiger partial charge in [-0.2, -0.15) is 0 Å². The fourth-order valence-corrected chi connectivity index (χ4v) is 2.88. The molecule has 1 unspecified atom stereocenters. The van der Waals surface area contributed by atoms with Crippen LogP contribution < -0.4 is 10.1 Å². The summed E-state index contributed by atoms with van der Waals surface area (Å²) in [5.74, 6) is -0.655. The van der Waals surface area contributed by atoms with Gasteiger partial charge < -0.3 is 19.9 Å². The average Bonchev–Trinajstić information content (AvgIpc) is 3.13. The number of aryl methyl sites for hydroxylation is 1. The standard InChI is InChI=1S/C20H21NO5/c1-13-10-15(7-8-18(13)20(23)24)21-19(22)14-4-2-5-16(11-14)26-12-17-6-3-9-25-17/h2,4-5,7-8,10-11,17H,3,6,9,12H2,1H3,(H,21,22)(H,23,24). The van der Waals surface area contributed by atoms with Crippen molar-refractivity contribution in [1.82, 2.24) is 0 Å². The lowest BCUT2D eigenvalue weighted by molar-refractivity contribution is 0.0679. The van der Waals surface area contributed by atoms with E-state index in [1.54, 1.807) is 43.3 Å². The first-order valence-corrected chi connectivity index (χ1v) is 8.52. The molecule has 1 saturated heterocycles. The number of benzene rings is 2. The van der Waals surface area contributed by atoms with Gasteiger partial charge in [-0.25, -0.2) is 4.79 Å². The second-order valence-electron chi connectivity index (χ2n) is 6.26. The van der Waals surface area contributed by atoms with E-state index in [0.29, 0.717) is 29.2 Å². The molecule has 0 aliphatic carbocycles. The minimum Gasteiger partial charge on any atom is -0.491 e.